The Labute approximate surface area is 173 Å². The van der Waals surface area contributed by atoms with Crippen molar-refractivity contribution in [2.75, 3.05) is 13.1 Å². The Morgan fingerprint density at radius 2 is 2.14 bits per heavy atom. The van der Waals surface area contributed by atoms with E-state index < -0.39 is 17.1 Å². The van der Waals surface area contributed by atoms with Crippen molar-refractivity contribution in [2.45, 2.75) is 6.42 Å². The van der Waals surface area contributed by atoms with Gasteiger partial charge in [0.25, 0.3) is 11.1 Å². The highest BCUT2D eigenvalue weighted by atomic mass is 32.2. The van der Waals surface area contributed by atoms with Crippen molar-refractivity contribution in [3.63, 3.8) is 0 Å². The van der Waals surface area contributed by atoms with Crippen molar-refractivity contribution in [1.82, 2.24) is 15.2 Å². The van der Waals surface area contributed by atoms with E-state index in [1.807, 2.05) is 17.5 Å². The molecule has 1 aliphatic rings. The van der Waals surface area contributed by atoms with Gasteiger partial charge in [-0.2, -0.15) is 0 Å². The molecule has 1 aliphatic heterocycles. The van der Waals surface area contributed by atoms with Gasteiger partial charge in [-0.3, -0.25) is 19.3 Å². The maximum atomic E-state index is 13.4. The second-order valence-corrected chi connectivity index (χ2v) is 8.36. The number of carbonyl (C=O) groups is 3. The Balaban J connectivity index is 1.33. The first kappa shape index (κ1) is 19.4. The Hall–Kier alpha value is -2.91. The zero-order valence-corrected chi connectivity index (χ0v) is 16.7. The van der Waals surface area contributed by atoms with E-state index in [0.29, 0.717) is 17.9 Å². The van der Waals surface area contributed by atoms with Crippen LogP contribution in [0.4, 0.5) is 9.18 Å². The summed E-state index contributed by atoms with van der Waals surface area (Å²) in [6, 6.07) is 8.20. The average Bonchev–Trinajstić information content (AvgIpc) is 3.40. The fraction of sp³-hybridized carbons (Fsp3) is 0.150. The van der Waals surface area contributed by atoms with E-state index in [1.54, 1.807) is 18.3 Å². The van der Waals surface area contributed by atoms with Gasteiger partial charge in [0.15, 0.2) is 0 Å². The maximum Gasteiger partial charge on any atom is 0.294 e. The molecule has 0 spiro atoms. The first-order chi connectivity index (χ1) is 14.0. The minimum atomic E-state index is -0.462. The van der Waals surface area contributed by atoms with E-state index in [1.165, 1.54) is 23.5 Å². The van der Waals surface area contributed by atoms with Crippen molar-refractivity contribution < 1.29 is 18.8 Å². The highest BCUT2D eigenvalue weighted by Crippen LogP contribution is 2.32. The van der Waals surface area contributed by atoms with Crippen LogP contribution in [0.1, 0.15) is 10.4 Å². The van der Waals surface area contributed by atoms with Crippen molar-refractivity contribution in [2.24, 2.45) is 0 Å². The van der Waals surface area contributed by atoms with E-state index in [-0.39, 0.29) is 12.4 Å². The molecule has 0 aliphatic carbocycles. The number of fused-ring (bicyclic) bond motifs is 1. The van der Waals surface area contributed by atoms with Gasteiger partial charge in [0.1, 0.15) is 12.4 Å². The van der Waals surface area contributed by atoms with Crippen LogP contribution in [0.25, 0.3) is 17.0 Å². The normalized spacial score (nSPS) is 15.6. The van der Waals surface area contributed by atoms with Crippen LogP contribution in [0.15, 0.2) is 46.8 Å². The Bertz CT molecular complexity index is 1120. The number of thioether (sulfide) groups is 1. The summed E-state index contributed by atoms with van der Waals surface area (Å²) in [5, 5.41) is 4.90. The molecule has 6 nitrogen and oxygen atoms in total. The summed E-state index contributed by atoms with van der Waals surface area (Å²) < 4.78 is 13.4. The summed E-state index contributed by atoms with van der Waals surface area (Å²) in [4.78, 5) is 41.9. The molecule has 3 heterocycles. The Morgan fingerprint density at radius 3 is 2.93 bits per heavy atom. The number of nitrogens with zero attached hydrogens (tertiary/aromatic N) is 1. The van der Waals surface area contributed by atoms with E-state index >= 15 is 0 Å². The van der Waals surface area contributed by atoms with Crippen LogP contribution >= 0.6 is 23.1 Å². The van der Waals surface area contributed by atoms with E-state index in [0.717, 1.165) is 38.0 Å². The smallest absolute Gasteiger partial charge is 0.294 e. The number of thiophene rings is 1. The van der Waals surface area contributed by atoms with Gasteiger partial charge in [-0.25, -0.2) is 4.39 Å². The molecule has 0 bridgehead atoms. The molecule has 1 fully saturated rings. The molecule has 3 aromatic rings. The third-order valence-corrected chi connectivity index (χ3v) is 6.16. The minimum Gasteiger partial charge on any atom is -0.361 e. The van der Waals surface area contributed by atoms with Crippen LogP contribution in [0.3, 0.4) is 0 Å². The van der Waals surface area contributed by atoms with Gasteiger partial charge >= 0.3 is 0 Å². The van der Waals surface area contributed by atoms with Gasteiger partial charge in [0.2, 0.25) is 5.91 Å². The first-order valence-electron chi connectivity index (χ1n) is 8.82. The highest BCUT2D eigenvalue weighted by molar-refractivity contribution is 8.18. The standard InChI is InChI=1S/C20H16FN3O3S2/c21-13-3-4-16-15(8-13)12(10-23-16)5-6-22-18(25)11-24-19(26)17(29-20(24)27)9-14-2-1-7-28-14/h1-4,7-10,23H,5-6,11H2,(H,22,25)/b17-9-. The number of aromatic nitrogens is 1. The molecule has 2 aromatic heterocycles. The predicted molar refractivity (Wildman–Crippen MR) is 112 cm³/mol. The zero-order chi connectivity index (χ0) is 20.4. The molecule has 1 saturated heterocycles. The average molecular weight is 429 g/mol. The summed E-state index contributed by atoms with van der Waals surface area (Å²) in [7, 11) is 0. The quantitative estimate of drug-likeness (QED) is 0.585. The fourth-order valence-corrected chi connectivity index (χ4v) is 4.59. The molecular weight excluding hydrogens is 413 g/mol. The Morgan fingerprint density at radius 1 is 1.28 bits per heavy atom. The highest BCUT2D eigenvalue weighted by Gasteiger charge is 2.36. The lowest BCUT2D eigenvalue weighted by Crippen LogP contribution is -2.40. The predicted octanol–water partition coefficient (Wildman–Crippen LogP) is 3.76. The molecule has 148 valence electrons. The number of benzene rings is 1. The molecule has 4 rings (SSSR count). The van der Waals surface area contributed by atoms with Crippen LogP contribution in [0, 0.1) is 5.82 Å². The van der Waals surface area contributed by atoms with Crippen LogP contribution < -0.4 is 5.32 Å². The van der Waals surface area contributed by atoms with E-state index in [4.69, 9.17) is 0 Å². The monoisotopic (exact) mass is 429 g/mol. The van der Waals surface area contributed by atoms with E-state index in [2.05, 4.69) is 10.3 Å². The first-order valence-corrected chi connectivity index (χ1v) is 10.5. The SMILES string of the molecule is O=C(CN1C(=O)S/C(=C\c2cccs2)C1=O)NCCc1c[nH]c2ccc(F)cc12. The lowest BCUT2D eigenvalue weighted by atomic mass is 10.1. The molecule has 2 N–H and O–H groups in total. The van der Waals surface area contributed by atoms with Crippen molar-refractivity contribution in [3.8, 4) is 0 Å². The summed E-state index contributed by atoms with van der Waals surface area (Å²) in [5.74, 6) is -1.20. The number of H-pyrrole nitrogens is 1. The summed E-state index contributed by atoms with van der Waals surface area (Å²) in [5.41, 5.74) is 1.70. The van der Waals surface area contributed by atoms with Crippen molar-refractivity contribution >= 4 is 57.1 Å². The Kier molecular flexibility index (Phi) is 5.50. The van der Waals surface area contributed by atoms with Crippen LogP contribution in [-0.4, -0.2) is 40.0 Å². The van der Waals surface area contributed by atoms with Crippen LogP contribution in [0.2, 0.25) is 0 Å². The fourth-order valence-electron chi connectivity index (χ4n) is 3.03. The number of nitrogens with one attached hydrogen (secondary N) is 2. The number of hydrogen-bond donors (Lipinski definition) is 2. The number of halogens is 1. The minimum absolute atomic E-state index is 0.309. The molecule has 0 saturated carbocycles. The molecule has 3 amide bonds. The third kappa shape index (κ3) is 4.25. The zero-order valence-electron chi connectivity index (χ0n) is 15.1. The van der Waals surface area contributed by atoms with Gasteiger partial charge in [-0.15, -0.1) is 11.3 Å². The molecule has 0 radical (unpaired) electrons. The lowest BCUT2D eigenvalue weighted by molar-refractivity contribution is -0.129. The second kappa shape index (κ2) is 8.22. The van der Waals surface area contributed by atoms with Crippen molar-refractivity contribution in [1.29, 1.82) is 0 Å². The second-order valence-electron chi connectivity index (χ2n) is 6.39. The lowest BCUT2D eigenvalue weighted by Gasteiger charge is -2.12. The molecule has 1 aromatic carbocycles. The van der Waals surface area contributed by atoms with Crippen molar-refractivity contribution in [3.05, 3.63) is 63.1 Å². The number of aromatic amines is 1. The molecule has 29 heavy (non-hydrogen) atoms. The van der Waals surface area contributed by atoms with E-state index in [9.17, 15) is 18.8 Å². The number of imide groups is 1. The number of rotatable bonds is 6. The van der Waals surface area contributed by atoms with Gasteiger partial charge in [-0.05, 0) is 59.5 Å². The summed E-state index contributed by atoms with van der Waals surface area (Å²) in [6.07, 6.45) is 3.93. The van der Waals surface area contributed by atoms with Crippen LogP contribution in [0.5, 0.6) is 0 Å². The molecule has 0 unspecified atom stereocenters. The number of amides is 3. The molecule has 0 atom stereocenters. The summed E-state index contributed by atoms with van der Waals surface area (Å²) >= 11 is 2.29. The largest absolute Gasteiger partial charge is 0.361 e. The van der Waals surface area contributed by atoms with Crippen LogP contribution in [-0.2, 0) is 16.0 Å². The number of carbonyl (C=O) groups excluding carboxylic acids is 3. The van der Waals surface area contributed by atoms with Gasteiger partial charge in [-0.1, -0.05) is 6.07 Å². The van der Waals surface area contributed by atoms with Gasteiger partial charge in [0, 0.05) is 28.5 Å². The number of hydrogen-bond acceptors (Lipinski definition) is 5. The molecule has 9 heteroatoms. The van der Waals surface area contributed by atoms with Gasteiger partial charge in [0.05, 0.1) is 4.91 Å². The third-order valence-electron chi connectivity index (χ3n) is 4.44. The summed E-state index contributed by atoms with van der Waals surface area (Å²) in [6.45, 7) is -0.0154. The molecular formula is C20H16FN3O3S2. The topological polar surface area (TPSA) is 82.3 Å². The van der Waals surface area contributed by atoms with Gasteiger partial charge < -0.3 is 10.3 Å². The maximum absolute atomic E-state index is 13.4.